The molecule has 0 radical (unpaired) electrons. The first-order chi connectivity index (χ1) is 15.5. The van der Waals surface area contributed by atoms with E-state index >= 15 is 0 Å². The lowest BCUT2D eigenvalue weighted by atomic mass is 10.2. The van der Waals surface area contributed by atoms with Gasteiger partial charge in [0.2, 0.25) is 5.88 Å². The number of halogens is 5. The standard InChI is InChI=1S/C19H15F5N6O3/c1-8-27-12(10-4-26-18(32)29-17(10)31)3-14(28-8)30-6-13(19(23,24)7-30)33-15-2-9(16(21)22)11(20)5-25-15/h2-5,13,16H,6-7H2,1H3,(H2,26,29,31,32)/t13-/m0/s1. The third-order valence-electron chi connectivity index (χ3n) is 4.86. The van der Waals surface area contributed by atoms with Crippen LogP contribution in [0.1, 0.15) is 17.8 Å². The van der Waals surface area contributed by atoms with E-state index in [0.29, 0.717) is 12.3 Å². The second kappa shape index (κ2) is 8.26. The van der Waals surface area contributed by atoms with Crippen LogP contribution < -0.4 is 20.9 Å². The summed E-state index contributed by atoms with van der Waals surface area (Å²) in [5, 5.41) is 0. The lowest BCUT2D eigenvalue weighted by Gasteiger charge is -2.18. The van der Waals surface area contributed by atoms with Gasteiger partial charge in [-0.15, -0.1) is 0 Å². The first-order valence-electron chi connectivity index (χ1n) is 9.44. The van der Waals surface area contributed by atoms with Crippen molar-refractivity contribution in [3.8, 4) is 17.1 Å². The smallest absolute Gasteiger partial charge is 0.325 e. The van der Waals surface area contributed by atoms with E-state index in [-0.39, 0.29) is 22.9 Å². The van der Waals surface area contributed by atoms with E-state index in [0.717, 1.165) is 6.20 Å². The molecule has 174 valence electrons. The van der Waals surface area contributed by atoms with E-state index in [1.54, 1.807) is 0 Å². The minimum Gasteiger partial charge on any atom is -0.466 e. The molecule has 4 heterocycles. The van der Waals surface area contributed by atoms with Crippen LogP contribution in [0.5, 0.6) is 5.88 Å². The van der Waals surface area contributed by atoms with Crippen molar-refractivity contribution in [2.45, 2.75) is 25.4 Å². The largest absolute Gasteiger partial charge is 0.466 e. The molecular formula is C19H15F5N6O3. The summed E-state index contributed by atoms with van der Waals surface area (Å²) in [6.45, 7) is 0.246. The Morgan fingerprint density at radius 2 is 2.00 bits per heavy atom. The van der Waals surface area contributed by atoms with Gasteiger partial charge in [0.1, 0.15) is 11.6 Å². The zero-order chi connectivity index (χ0) is 23.9. The lowest BCUT2D eigenvalue weighted by molar-refractivity contribution is -0.0610. The molecule has 0 spiro atoms. The van der Waals surface area contributed by atoms with Crippen LogP contribution in [0.2, 0.25) is 0 Å². The quantitative estimate of drug-likeness (QED) is 0.549. The number of H-pyrrole nitrogens is 2. The van der Waals surface area contributed by atoms with E-state index in [4.69, 9.17) is 4.74 Å². The summed E-state index contributed by atoms with van der Waals surface area (Å²) >= 11 is 0. The van der Waals surface area contributed by atoms with Gasteiger partial charge >= 0.3 is 11.6 Å². The maximum atomic E-state index is 14.6. The highest BCUT2D eigenvalue weighted by Crippen LogP contribution is 2.34. The molecule has 3 aromatic rings. The average molecular weight is 470 g/mol. The Hall–Kier alpha value is -3.84. The number of pyridine rings is 1. The summed E-state index contributed by atoms with van der Waals surface area (Å²) in [6.07, 6.45) is -3.35. The van der Waals surface area contributed by atoms with Gasteiger partial charge in [-0.1, -0.05) is 0 Å². The van der Waals surface area contributed by atoms with Crippen LogP contribution in [-0.4, -0.2) is 50.0 Å². The summed E-state index contributed by atoms with van der Waals surface area (Å²) in [6, 6.07) is 1.87. The third-order valence-corrected chi connectivity index (χ3v) is 4.86. The molecule has 1 fully saturated rings. The maximum Gasteiger partial charge on any atom is 0.325 e. The lowest BCUT2D eigenvalue weighted by Crippen LogP contribution is -2.36. The summed E-state index contributed by atoms with van der Waals surface area (Å²) in [5.74, 6) is -5.07. The molecule has 0 saturated carbocycles. The molecule has 3 aromatic heterocycles. The zero-order valence-electron chi connectivity index (χ0n) is 16.8. The Morgan fingerprint density at radius 1 is 1.24 bits per heavy atom. The molecule has 9 nitrogen and oxygen atoms in total. The molecule has 1 atom stereocenters. The SMILES string of the molecule is Cc1nc(-c2c[nH]c(=O)[nH]c2=O)cc(N2C[C@H](Oc3cc(C(F)F)c(F)cn3)C(F)(F)C2)n1. The average Bonchev–Trinajstić information content (AvgIpc) is 3.03. The van der Waals surface area contributed by atoms with Crippen molar-refractivity contribution in [1.29, 1.82) is 0 Å². The van der Waals surface area contributed by atoms with Gasteiger partial charge in [0.15, 0.2) is 11.9 Å². The van der Waals surface area contributed by atoms with E-state index < -0.39 is 60.1 Å². The molecule has 1 aliphatic heterocycles. The molecule has 33 heavy (non-hydrogen) atoms. The number of nitrogens with one attached hydrogen (secondary N) is 2. The molecule has 0 bridgehead atoms. The Balaban J connectivity index is 1.62. The highest BCUT2D eigenvalue weighted by atomic mass is 19.3. The minimum absolute atomic E-state index is 0.00449. The van der Waals surface area contributed by atoms with Crippen LogP contribution in [0.4, 0.5) is 27.8 Å². The van der Waals surface area contributed by atoms with E-state index in [9.17, 15) is 31.5 Å². The number of anilines is 1. The first kappa shape index (κ1) is 22.4. The van der Waals surface area contributed by atoms with Crippen LogP contribution in [0.15, 0.2) is 34.1 Å². The normalized spacial score (nSPS) is 17.5. The molecule has 0 aliphatic carbocycles. The number of rotatable bonds is 5. The number of nitrogens with zero attached hydrogens (tertiary/aromatic N) is 4. The molecule has 0 unspecified atom stereocenters. The van der Waals surface area contributed by atoms with Gasteiger partial charge in [0, 0.05) is 18.3 Å². The molecule has 0 amide bonds. The summed E-state index contributed by atoms with van der Waals surface area (Å²) in [7, 11) is 0. The molecule has 4 rings (SSSR count). The Morgan fingerprint density at radius 3 is 2.70 bits per heavy atom. The Labute approximate surface area is 181 Å². The number of aromatic amines is 2. The number of hydrogen-bond donors (Lipinski definition) is 2. The van der Waals surface area contributed by atoms with Crippen molar-refractivity contribution in [3.63, 3.8) is 0 Å². The summed E-state index contributed by atoms with van der Waals surface area (Å²) in [4.78, 5) is 40.5. The Bertz CT molecular complexity index is 1310. The fourth-order valence-electron chi connectivity index (χ4n) is 3.32. The molecule has 0 aromatic carbocycles. The van der Waals surface area contributed by atoms with Crippen molar-refractivity contribution in [2.75, 3.05) is 18.0 Å². The van der Waals surface area contributed by atoms with Gasteiger partial charge in [0.05, 0.1) is 36.1 Å². The predicted molar refractivity (Wildman–Crippen MR) is 104 cm³/mol. The van der Waals surface area contributed by atoms with E-state index in [2.05, 4.69) is 19.9 Å². The molecule has 14 heteroatoms. The van der Waals surface area contributed by atoms with Crippen LogP contribution in [0.3, 0.4) is 0 Å². The van der Waals surface area contributed by atoms with Gasteiger partial charge in [-0.05, 0) is 6.92 Å². The predicted octanol–water partition coefficient (Wildman–Crippen LogP) is 2.20. The number of aryl methyl sites for hydroxylation is 1. The second-order valence-corrected chi connectivity index (χ2v) is 7.24. The summed E-state index contributed by atoms with van der Waals surface area (Å²) < 4.78 is 73.6. The van der Waals surface area contributed by atoms with Gasteiger partial charge in [-0.3, -0.25) is 9.78 Å². The van der Waals surface area contributed by atoms with Gasteiger partial charge < -0.3 is 14.6 Å². The van der Waals surface area contributed by atoms with Gasteiger partial charge in [-0.2, -0.15) is 0 Å². The highest BCUT2D eigenvalue weighted by molar-refractivity contribution is 5.61. The summed E-state index contributed by atoms with van der Waals surface area (Å²) in [5.41, 5.74) is -2.38. The van der Waals surface area contributed by atoms with Crippen molar-refractivity contribution >= 4 is 5.82 Å². The number of ether oxygens (including phenoxy) is 1. The fourth-order valence-corrected chi connectivity index (χ4v) is 3.32. The van der Waals surface area contributed by atoms with Gasteiger partial charge in [0.25, 0.3) is 12.0 Å². The van der Waals surface area contributed by atoms with Crippen LogP contribution in [0.25, 0.3) is 11.3 Å². The maximum absolute atomic E-state index is 14.6. The van der Waals surface area contributed by atoms with Crippen LogP contribution in [-0.2, 0) is 0 Å². The third kappa shape index (κ3) is 4.54. The zero-order valence-corrected chi connectivity index (χ0v) is 16.8. The monoisotopic (exact) mass is 470 g/mol. The molecule has 1 aliphatic rings. The van der Waals surface area contributed by atoms with Crippen LogP contribution in [0, 0.1) is 12.7 Å². The fraction of sp³-hybridized carbons (Fsp3) is 0.316. The number of aromatic nitrogens is 5. The van der Waals surface area contributed by atoms with E-state index in [1.165, 1.54) is 17.9 Å². The number of hydrogen-bond acceptors (Lipinski definition) is 7. The first-order valence-corrected chi connectivity index (χ1v) is 9.44. The van der Waals surface area contributed by atoms with E-state index in [1.807, 2.05) is 4.98 Å². The van der Waals surface area contributed by atoms with Crippen LogP contribution >= 0.6 is 0 Å². The molecule has 1 saturated heterocycles. The van der Waals surface area contributed by atoms with Crippen molar-refractivity contribution in [2.24, 2.45) is 0 Å². The van der Waals surface area contributed by atoms with Crippen molar-refractivity contribution in [3.05, 3.63) is 62.6 Å². The molecular weight excluding hydrogens is 455 g/mol. The van der Waals surface area contributed by atoms with Crippen molar-refractivity contribution in [1.82, 2.24) is 24.9 Å². The van der Waals surface area contributed by atoms with Gasteiger partial charge in [-0.25, -0.2) is 41.7 Å². The topological polar surface area (TPSA) is 117 Å². The second-order valence-electron chi connectivity index (χ2n) is 7.24. The number of alkyl halides is 4. The Kier molecular flexibility index (Phi) is 5.59. The minimum atomic E-state index is -3.43. The highest BCUT2D eigenvalue weighted by Gasteiger charge is 2.51. The molecule has 2 N–H and O–H groups in total. The van der Waals surface area contributed by atoms with Crippen molar-refractivity contribution < 1.29 is 26.7 Å².